The Morgan fingerprint density at radius 2 is 2.05 bits per heavy atom. The number of fused-ring (bicyclic) bond motifs is 2. The van der Waals surface area contributed by atoms with Gasteiger partial charge in [-0.15, -0.1) is 0 Å². The predicted molar refractivity (Wildman–Crippen MR) is 85.8 cm³/mol. The van der Waals surface area contributed by atoms with Crippen LogP contribution >= 0.6 is 27.5 Å². The number of halogens is 2. The summed E-state index contributed by atoms with van der Waals surface area (Å²) < 4.78 is 0.958. The van der Waals surface area contributed by atoms with Gasteiger partial charge < -0.3 is 5.32 Å². The van der Waals surface area contributed by atoms with Crippen molar-refractivity contribution in [2.24, 2.45) is 16.7 Å². The van der Waals surface area contributed by atoms with Crippen molar-refractivity contribution in [1.82, 2.24) is 0 Å². The summed E-state index contributed by atoms with van der Waals surface area (Å²) in [6, 6.07) is 6.72. The van der Waals surface area contributed by atoms with Gasteiger partial charge in [0.1, 0.15) is 0 Å². The molecule has 2 aliphatic carbocycles. The fourth-order valence-corrected chi connectivity index (χ4v) is 4.64. The summed E-state index contributed by atoms with van der Waals surface area (Å²) in [4.78, 5) is 0. The van der Waals surface area contributed by atoms with Gasteiger partial charge in [-0.05, 0) is 70.1 Å². The second kappa shape index (κ2) is 4.39. The number of nitrogens with one attached hydrogen (secondary N) is 1. The fourth-order valence-electron chi connectivity index (χ4n) is 4.21. The molecule has 0 spiro atoms. The van der Waals surface area contributed by atoms with Gasteiger partial charge >= 0.3 is 0 Å². The third-order valence-corrected chi connectivity index (χ3v) is 7.29. The van der Waals surface area contributed by atoms with Crippen molar-refractivity contribution < 1.29 is 0 Å². The number of hydrogen-bond acceptors (Lipinski definition) is 1. The third kappa shape index (κ3) is 1.94. The molecule has 3 rings (SSSR count). The van der Waals surface area contributed by atoms with Crippen LogP contribution in [0.25, 0.3) is 0 Å². The van der Waals surface area contributed by atoms with Crippen molar-refractivity contribution in [1.29, 1.82) is 0 Å². The Morgan fingerprint density at radius 1 is 1.32 bits per heavy atom. The highest BCUT2D eigenvalue weighted by molar-refractivity contribution is 9.10. The molecule has 3 unspecified atom stereocenters. The van der Waals surface area contributed by atoms with Gasteiger partial charge in [0.25, 0.3) is 0 Å². The van der Waals surface area contributed by atoms with Crippen molar-refractivity contribution >= 4 is 33.2 Å². The van der Waals surface area contributed by atoms with Gasteiger partial charge in [-0.3, -0.25) is 0 Å². The minimum absolute atomic E-state index is 0.400. The summed E-state index contributed by atoms with van der Waals surface area (Å²) in [5.41, 5.74) is 1.99. The summed E-state index contributed by atoms with van der Waals surface area (Å²) in [6.45, 7) is 7.35. The topological polar surface area (TPSA) is 12.0 Å². The van der Waals surface area contributed by atoms with E-state index in [0.717, 1.165) is 21.1 Å². The van der Waals surface area contributed by atoms with Crippen LogP contribution in [0.2, 0.25) is 5.02 Å². The van der Waals surface area contributed by atoms with Gasteiger partial charge in [-0.1, -0.05) is 32.4 Å². The Balaban J connectivity index is 1.84. The first-order chi connectivity index (χ1) is 8.84. The minimum Gasteiger partial charge on any atom is -0.382 e. The second-order valence-electron chi connectivity index (χ2n) is 6.94. The van der Waals surface area contributed by atoms with Crippen LogP contribution in [-0.4, -0.2) is 6.04 Å². The van der Waals surface area contributed by atoms with Crippen LogP contribution in [0.5, 0.6) is 0 Å². The molecule has 2 fully saturated rings. The highest BCUT2D eigenvalue weighted by Gasteiger charge is 2.61. The Bertz CT molecular complexity index is 513. The van der Waals surface area contributed by atoms with Crippen LogP contribution < -0.4 is 5.32 Å². The van der Waals surface area contributed by atoms with Crippen molar-refractivity contribution in [2.75, 3.05) is 5.32 Å². The van der Waals surface area contributed by atoms with Gasteiger partial charge in [0.2, 0.25) is 0 Å². The maximum absolute atomic E-state index is 6.18. The number of anilines is 1. The summed E-state index contributed by atoms with van der Waals surface area (Å²) in [5.74, 6) is 0.862. The van der Waals surface area contributed by atoms with E-state index in [1.54, 1.807) is 0 Å². The zero-order chi connectivity index (χ0) is 13.8. The molecule has 0 radical (unpaired) electrons. The molecule has 19 heavy (non-hydrogen) atoms. The SMILES string of the molecule is CC1(C)C2CCC1(C)C(Nc1ccc(Br)c(Cl)c1)C2. The Kier molecular flexibility index (Phi) is 3.18. The van der Waals surface area contributed by atoms with E-state index >= 15 is 0 Å². The zero-order valence-corrected chi connectivity index (χ0v) is 14.1. The molecule has 2 bridgehead atoms. The third-order valence-electron chi connectivity index (χ3n) is 6.05. The standard InChI is InChI=1S/C16H21BrClN/c1-15(2)10-6-7-16(15,3)14(8-10)19-11-4-5-12(17)13(18)9-11/h4-5,9-10,14,19H,6-8H2,1-3H3. The lowest BCUT2D eigenvalue weighted by atomic mass is 9.69. The largest absolute Gasteiger partial charge is 0.382 e. The van der Waals surface area contributed by atoms with Gasteiger partial charge in [-0.2, -0.15) is 0 Å². The first-order valence-corrected chi connectivity index (χ1v) is 8.23. The Morgan fingerprint density at radius 3 is 2.58 bits per heavy atom. The molecule has 0 aromatic heterocycles. The lowest BCUT2D eigenvalue weighted by Crippen LogP contribution is -2.40. The number of rotatable bonds is 2. The average Bonchev–Trinajstić information content (AvgIpc) is 2.67. The van der Waals surface area contributed by atoms with E-state index in [4.69, 9.17) is 11.6 Å². The molecule has 3 heteroatoms. The van der Waals surface area contributed by atoms with E-state index in [1.165, 1.54) is 19.3 Å². The van der Waals surface area contributed by atoms with E-state index in [2.05, 4.69) is 48.1 Å². The number of benzene rings is 1. The van der Waals surface area contributed by atoms with Crippen LogP contribution in [0.1, 0.15) is 40.0 Å². The molecule has 0 aliphatic heterocycles. The van der Waals surface area contributed by atoms with Gasteiger partial charge in [0.15, 0.2) is 0 Å². The minimum atomic E-state index is 0.400. The Hall–Kier alpha value is -0.210. The molecule has 2 aliphatic rings. The molecule has 1 N–H and O–H groups in total. The monoisotopic (exact) mass is 341 g/mol. The van der Waals surface area contributed by atoms with Gasteiger partial charge in [0, 0.05) is 16.2 Å². The molecular weight excluding hydrogens is 322 g/mol. The molecule has 0 amide bonds. The normalized spacial score (nSPS) is 35.6. The summed E-state index contributed by atoms with van der Waals surface area (Å²) in [5, 5.41) is 4.51. The van der Waals surface area contributed by atoms with Crippen molar-refractivity contribution in [3.63, 3.8) is 0 Å². The first kappa shape index (κ1) is 13.8. The summed E-state index contributed by atoms with van der Waals surface area (Å²) in [7, 11) is 0. The molecule has 1 nitrogen and oxygen atoms in total. The van der Waals surface area contributed by atoms with E-state index in [9.17, 15) is 0 Å². The fraction of sp³-hybridized carbons (Fsp3) is 0.625. The predicted octanol–water partition coefficient (Wildman–Crippen LogP) is 5.73. The molecule has 1 aromatic carbocycles. The van der Waals surface area contributed by atoms with Crippen LogP contribution in [0, 0.1) is 16.7 Å². The first-order valence-electron chi connectivity index (χ1n) is 7.06. The zero-order valence-electron chi connectivity index (χ0n) is 11.8. The highest BCUT2D eigenvalue weighted by atomic mass is 79.9. The molecule has 2 saturated carbocycles. The van der Waals surface area contributed by atoms with Crippen molar-refractivity contribution in [2.45, 2.75) is 46.1 Å². The van der Waals surface area contributed by atoms with Gasteiger partial charge in [0.05, 0.1) is 5.02 Å². The molecule has 0 heterocycles. The van der Waals surface area contributed by atoms with Gasteiger partial charge in [-0.25, -0.2) is 0 Å². The van der Waals surface area contributed by atoms with E-state index < -0.39 is 0 Å². The van der Waals surface area contributed by atoms with Crippen LogP contribution in [0.4, 0.5) is 5.69 Å². The summed E-state index contributed by atoms with van der Waals surface area (Å²) >= 11 is 9.63. The van der Waals surface area contributed by atoms with E-state index in [0.29, 0.717) is 16.9 Å². The molecule has 3 atom stereocenters. The van der Waals surface area contributed by atoms with E-state index in [-0.39, 0.29) is 0 Å². The van der Waals surface area contributed by atoms with Crippen LogP contribution in [0.15, 0.2) is 22.7 Å². The highest BCUT2D eigenvalue weighted by Crippen LogP contribution is 2.65. The second-order valence-corrected chi connectivity index (χ2v) is 8.20. The average molecular weight is 343 g/mol. The smallest absolute Gasteiger partial charge is 0.0568 e. The number of hydrogen-bond donors (Lipinski definition) is 1. The van der Waals surface area contributed by atoms with E-state index in [1.807, 2.05) is 12.1 Å². The Labute approximate surface area is 129 Å². The van der Waals surface area contributed by atoms with Crippen molar-refractivity contribution in [3.05, 3.63) is 27.7 Å². The molecule has 1 aromatic rings. The maximum Gasteiger partial charge on any atom is 0.0568 e. The summed E-state index contributed by atoms with van der Waals surface area (Å²) in [6.07, 6.45) is 4.02. The van der Waals surface area contributed by atoms with Crippen LogP contribution in [0.3, 0.4) is 0 Å². The molecular formula is C16H21BrClN. The maximum atomic E-state index is 6.18. The lowest BCUT2D eigenvalue weighted by molar-refractivity contribution is 0.142. The lowest BCUT2D eigenvalue weighted by Gasteiger charge is -2.40. The molecule has 104 valence electrons. The quantitative estimate of drug-likeness (QED) is 0.723. The van der Waals surface area contributed by atoms with Crippen molar-refractivity contribution in [3.8, 4) is 0 Å². The van der Waals surface area contributed by atoms with Crippen LogP contribution in [-0.2, 0) is 0 Å². The molecule has 0 saturated heterocycles.